The molecule has 1 aromatic heterocycles. The van der Waals surface area contributed by atoms with Gasteiger partial charge in [-0.25, -0.2) is 0 Å². The fraction of sp³-hybridized carbons (Fsp3) is 0.381. The number of nitrogens with one attached hydrogen (secondary N) is 3. The number of anilines is 1. The molecule has 0 spiro atoms. The van der Waals surface area contributed by atoms with Crippen LogP contribution in [0.5, 0.6) is 0 Å². The van der Waals surface area contributed by atoms with E-state index in [4.69, 9.17) is 4.42 Å². The fourth-order valence-corrected chi connectivity index (χ4v) is 3.48. The van der Waals surface area contributed by atoms with Crippen LogP contribution in [0.3, 0.4) is 0 Å². The number of para-hydroxylation sites is 1. The zero-order chi connectivity index (χ0) is 20.6. The van der Waals surface area contributed by atoms with Crippen LogP contribution in [0.2, 0.25) is 0 Å². The lowest BCUT2D eigenvalue weighted by Crippen LogP contribution is -2.43. The molecule has 2 aromatic rings. The van der Waals surface area contributed by atoms with E-state index in [1.54, 1.807) is 36.4 Å². The molecule has 1 aliphatic rings. The molecule has 0 bridgehead atoms. The molecule has 1 fully saturated rings. The zero-order valence-corrected chi connectivity index (χ0v) is 16.4. The zero-order valence-electron chi connectivity index (χ0n) is 16.4. The summed E-state index contributed by atoms with van der Waals surface area (Å²) in [6.07, 6.45) is 3.63. The van der Waals surface area contributed by atoms with Gasteiger partial charge in [0.2, 0.25) is 0 Å². The van der Waals surface area contributed by atoms with Crippen LogP contribution < -0.4 is 16.0 Å². The van der Waals surface area contributed by atoms with E-state index in [0.717, 1.165) is 25.9 Å². The molecule has 1 atom stereocenters. The number of likely N-dealkylation sites (N-methyl/N-ethyl adjacent to an activating group) is 1. The van der Waals surface area contributed by atoms with E-state index in [0.29, 0.717) is 12.3 Å². The highest BCUT2D eigenvalue weighted by molar-refractivity contribution is 6.40. The number of hydrogen-bond donors (Lipinski definition) is 3. The summed E-state index contributed by atoms with van der Waals surface area (Å²) < 4.78 is 5.19. The number of amides is 3. The van der Waals surface area contributed by atoms with Crippen molar-refractivity contribution >= 4 is 23.4 Å². The second kappa shape index (κ2) is 9.88. The Morgan fingerprint density at radius 1 is 1.10 bits per heavy atom. The molecule has 0 aliphatic carbocycles. The van der Waals surface area contributed by atoms with Gasteiger partial charge in [-0.05, 0) is 50.2 Å². The third-order valence-electron chi connectivity index (χ3n) is 5.03. The van der Waals surface area contributed by atoms with Crippen LogP contribution in [0, 0.1) is 0 Å². The molecule has 1 aromatic carbocycles. The molecule has 3 N–H and O–H groups in total. The van der Waals surface area contributed by atoms with Crippen LogP contribution in [0.1, 0.15) is 35.9 Å². The van der Waals surface area contributed by atoms with E-state index in [1.807, 2.05) is 0 Å². The van der Waals surface area contributed by atoms with E-state index >= 15 is 0 Å². The van der Waals surface area contributed by atoms with Crippen molar-refractivity contribution in [3.63, 3.8) is 0 Å². The number of hydrogen-bond acceptors (Lipinski definition) is 5. The molecule has 3 amide bonds. The Morgan fingerprint density at radius 2 is 1.93 bits per heavy atom. The Labute approximate surface area is 169 Å². The number of benzene rings is 1. The van der Waals surface area contributed by atoms with Crippen molar-refractivity contribution in [3.8, 4) is 0 Å². The molecule has 1 saturated heterocycles. The van der Waals surface area contributed by atoms with Crippen molar-refractivity contribution in [2.24, 2.45) is 0 Å². The predicted molar refractivity (Wildman–Crippen MR) is 108 cm³/mol. The molecule has 0 radical (unpaired) electrons. The van der Waals surface area contributed by atoms with Crippen molar-refractivity contribution < 1.29 is 18.8 Å². The fourth-order valence-electron chi connectivity index (χ4n) is 3.48. The Morgan fingerprint density at radius 3 is 2.69 bits per heavy atom. The molecule has 3 rings (SSSR count). The normalized spacial score (nSPS) is 16.4. The van der Waals surface area contributed by atoms with Crippen molar-refractivity contribution in [2.45, 2.75) is 32.4 Å². The van der Waals surface area contributed by atoms with Gasteiger partial charge in [0.25, 0.3) is 5.91 Å². The predicted octanol–water partition coefficient (Wildman–Crippen LogP) is 1.75. The first-order valence-corrected chi connectivity index (χ1v) is 9.81. The minimum Gasteiger partial charge on any atom is -0.467 e. The van der Waals surface area contributed by atoms with Crippen LogP contribution in [0.15, 0.2) is 47.1 Å². The smallest absolute Gasteiger partial charge is 0.313 e. The number of carbonyl (C=O) groups excluding carboxylic acids is 3. The number of likely N-dealkylation sites (tertiary alicyclic amines) is 1. The molecule has 29 heavy (non-hydrogen) atoms. The van der Waals surface area contributed by atoms with Crippen molar-refractivity contribution in [1.82, 2.24) is 15.5 Å². The van der Waals surface area contributed by atoms with Crippen molar-refractivity contribution in [3.05, 3.63) is 54.0 Å². The summed E-state index contributed by atoms with van der Waals surface area (Å²) in [6, 6.07) is 10.3. The van der Waals surface area contributed by atoms with Crippen molar-refractivity contribution in [2.75, 3.05) is 25.0 Å². The quantitative estimate of drug-likeness (QED) is 0.617. The van der Waals surface area contributed by atoms with E-state index < -0.39 is 11.8 Å². The lowest BCUT2D eigenvalue weighted by molar-refractivity contribution is -0.136. The molecule has 0 unspecified atom stereocenters. The number of nitrogens with zero attached hydrogens (tertiary/aromatic N) is 1. The van der Waals surface area contributed by atoms with Gasteiger partial charge in [0.15, 0.2) is 0 Å². The lowest BCUT2D eigenvalue weighted by atomic mass is 10.1. The van der Waals surface area contributed by atoms with Gasteiger partial charge < -0.3 is 20.4 Å². The average molecular weight is 398 g/mol. The van der Waals surface area contributed by atoms with E-state index in [1.165, 1.54) is 6.26 Å². The van der Waals surface area contributed by atoms with Crippen LogP contribution in [0.4, 0.5) is 5.69 Å². The molecule has 8 heteroatoms. The molecular formula is C21H26N4O4. The lowest BCUT2D eigenvalue weighted by Gasteiger charge is -2.22. The maximum absolute atomic E-state index is 12.5. The standard InChI is InChI=1S/C21H26N4O4/c1-2-25-11-5-7-15(25)13-22-20(27)21(28)24-18-10-4-3-9-17(18)19(26)23-14-16-8-6-12-29-16/h3-4,6,8-10,12,15H,2,5,7,11,13-14H2,1H3,(H,22,27)(H,23,26)(H,24,28)/t15-/m1/s1. The topological polar surface area (TPSA) is 104 Å². The highest BCUT2D eigenvalue weighted by atomic mass is 16.3. The van der Waals surface area contributed by atoms with E-state index in [2.05, 4.69) is 27.8 Å². The number of rotatable bonds is 7. The second-order valence-corrected chi connectivity index (χ2v) is 6.90. The van der Waals surface area contributed by atoms with Gasteiger partial charge >= 0.3 is 11.8 Å². The molecule has 8 nitrogen and oxygen atoms in total. The maximum Gasteiger partial charge on any atom is 0.313 e. The van der Waals surface area contributed by atoms with Crippen molar-refractivity contribution in [1.29, 1.82) is 0 Å². The first-order valence-electron chi connectivity index (χ1n) is 9.81. The Balaban J connectivity index is 1.55. The largest absolute Gasteiger partial charge is 0.467 e. The average Bonchev–Trinajstić information content (AvgIpc) is 3.42. The van der Waals surface area contributed by atoms with Crippen LogP contribution >= 0.6 is 0 Å². The minimum absolute atomic E-state index is 0.226. The van der Waals surface area contributed by atoms with Gasteiger partial charge in [-0.2, -0.15) is 0 Å². The summed E-state index contributed by atoms with van der Waals surface area (Å²) in [5.41, 5.74) is 0.550. The number of furan rings is 1. The minimum atomic E-state index is -0.794. The molecule has 0 saturated carbocycles. The third-order valence-corrected chi connectivity index (χ3v) is 5.03. The Bertz CT molecular complexity index is 850. The summed E-state index contributed by atoms with van der Waals surface area (Å²) >= 11 is 0. The van der Waals surface area contributed by atoms with Gasteiger partial charge in [0.1, 0.15) is 5.76 Å². The summed E-state index contributed by atoms with van der Waals surface area (Å²) in [6.45, 7) is 4.69. The molecule has 154 valence electrons. The monoisotopic (exact) mass is 398 g/mol. The number of carbonyl (C=O) groups is 3. The van der Waals surface area contributed by atoms with E-state index in [9.17, 15) is 14.4 Å². The Kier molecular flexibility index (Phi) is 7.02. The third kappa shape index (κ3) is 5.45. The highest BCUT2D eigenvalue weighted by Crippen LogP contribution is 2.16. The molecule has 1 aliphatic heterocycles. The van der Waals surface area contributed by atoms with Gasteiger partial charge in [0, 0.05) is 12.6 Å². The Hall–Kier alpha value is -3.13. The first kappa shape index (κ1) is 20.6. The SMILES string of the molecule is CCN1CCC[C@@H]1CNC(=O)C(=O)Nc1ccccc1C(=O)NCc1ccco1. The molecule has 2 heterocycles. The summed E-state index contributed by atoms with van der Waals surface area (Å²) in [4.78, 5) is 39.3. The van der Waals surface area contributed by atoms with Crippen LogP contribution in [-0.2, 0) is 16.1 Å². The summed E-state index contributed by atoms with van der Waals surface area (Å²) in [5.74, 6) is -1.26. The molecular weight excluding hydrogens is 372 g/mol. The summed E-state index contributed by atoms with van der Waals surface area (Å²) in [5, 5.41) is 7.96. The highest BCUT2D eigenvalue weighted by Gasteiger charge is 2.25. The van der Waals surface area contributed by atoms with Crippen LogP contribution in [0.25, 0.3) is 0 Å². The summed E-state index contributed by atoms with van der Waals surface area (Å²) in [7, 11) is 0. The first-order chi connectivity index (χ1) is 14.1. The van der Waals surface area contributed by atoms with Crippen LogP contribution in [-0.4, -0.2) is 48.3 Å². The second-order valence-electron chi connectivity index (χ2n) is 6.90. The van der Waals surface area contributed by atoms with Gasteiger partial charge in [-0.1, -0.05) is 19.1 Å². The maximum atomic E-state index is 12.5. The van der Waals surface area contributed by atoms with Gasteiger partial charge in [0.05, 0.1) is 24.1 Å². The van der Waals surface area contributed by atoms with Gasteiger partial charge in [-0.15, -0.1) is 0 Å². The van der Waals surface area contributed by atoms with E-state index in [-0.39, 0.29) is 29.7 Å². The van der Waals surface area contributed by atoms with Gasteiger partial charge in [-0.3, -0.25) is 19.3 Å².